The molecular weight excluding hydrogens is 476 g/mol. The average molecular weight is 511 g/mol. The molecule has 1 aliphatic heterocycles. The van der Waals surface area contributed by atoms with Crippen LogP contribution in [0.5, 0.6) is 0 Å². The summed E-state index contributed by atoms with van der Waals surface area (Å²) >= 11 is 0. The van der Waals surface area contributed by atoms with Gasteiger partial charge in [0.2, 0.25) is 17.7 Å². The van der Waals surface area contributed by atoms with Gasteiger partial charge in [-0.2, -0.15) is 4.98 Å². The normalized spacial score (nSPS) is 16.8. The van der Waals surface area contributed by atoms with Crippen LogP contribution in [0.2, 0.25) is 0 Å². The molecular formula is C26H34N6O5. The minimum Gasteiger partial charge on any atom is -0.444 e. The number of likely N-dealkylation sites (tertiary alicyclic amines) is 1. The molecule has 11 nitrogen and oxygen atoms in total. The predicted molar refractivity (Wildman–Crippen MR) is 138 cm³/mol. The van der Waals surface area contributed by atoms with Crippen LogP contribution in [0.4, 0.5) is 9.59 Å². The molecule has 4 rings (SSSR count). The van der Waals surface area contributed by atoms with E-state index in [1.165, 1.54) is 0 Å². The first-order chi connectivity index (χ1) is 17.3. The molecule has 1 atom stereocenters. The molecule has 198 valence electrons. The van der Waals surface area contributed by atoms with E-state index in [2.05, 4.69) is 20.4 Å². The minimum atomic E-state index is -0.828. The number of hydrogen-bond donors (Lipinski definition) is 1. The van der Waals surface area contributed by atoms with E-state index < -0.39 is 29.4 Å². The van der Waals surface area contributed by atoms with Crippen LogP contribution < -0.4 is 5.32 Å². The van der Waals surface area contributed by atoms with Crippen LogP contribution in [0, 0.1) is 0 Å². The zero-order chi connectivity index (χ0) is 27.0. The van der Waals surface area contributed by atoms with Crippen LogP contribution in [0.15, 0.2) is 40.0 Å². The highest BCUT2D eigenvalue weighted by molar-refractivity contribution is 5.99. The fraction of sp³-hybridized carbons (Fsp3) is 0.500. The number of nitrogens with one attached hydrogen (secondary N) is 1. The summed E-state index contributed by atoms with van der Waals surface area (Å²) in [4.78, 5) is 35.6. The largest absolute Gasteiger partial charge is 0.444 e. The molecule has 1 unspecified atom stereocenters. The second-order valence-corrected chi connectivity index (χ2v) is 11.1. The van der Waals surface area contributed by atoms with Crippen molar-refractivity contribution < 1.29 is 23.6 Å². The molecule has 2 aromatic heterocycles. The van der Waals surface area contributed by atoms with Crippen LogP contribution in [0.3, 0.4) is 0 Å². The monoisotopic (exact) mass is 510 g/mol. The molecule has 0 bridgehead atoms. The zero-order valence-corrected chi connectivity index (χ0v) is 22.4. The molecule has 1 aromatic carbocycles. The van der Waals surface area contributed by atoms with Crippen LogP contribution in [0.25, 0.3) is 22.3 Å². The van der Waals surface area contributed by atoms with Gasteiger partial charge in [0, 0.05) is 30.9 Å². The van der Waals surface area contributed by atoms with Crippen molar-refractivity contribution in [1.82, 2.24) is 24.9 Å². The molecule has 0 saturated carbocycles. The van der Waals surface area contributed by atoms with Crippen molar-refractivity contribution in [3.05, 3.63) is 36.4 Å². The summed E-state index contributed by atoms with van der Waals surface area (Å²) in [5, 5.41) is 7.93. The van der Waals surface area contributed by atoms with Crippen molar-refractivity contribution in [2.45, 2.75) is 71.6 Å². The summed E-state index contributed by atoms with van der Waals surface area (Å²) in [5.74, 6) is 0.828. The molecule has 37 heavy (non-hydrogen) atoms. The van der Waals surface area contributed by atoms with Gasteiger partial charge in [0.05, 0.1) is 0 Å². The number of hydrogen-bond acceptors (Lipinski definition) is 7. The number of ether oxygens (including phenoxy) is 2. The maximum absolute atomic E-state index is 12.6. The van der Waals surface area contributed by atoms with Crippen molar-refractivity contribution in [3.63, 3.8) is 0 Å². The van der Waals surface area contributed by atoms with Crippen molar-refractivity contribution in [1.29, 1.82) is 0 Å². The number of aryl methyl sites for hydroxylation is 1. The Bertz CT molecular complexity index is 1330. The number of rotatable bonds is 2. The van der Waals surface area contributed by atoms with E-state index in [0.29, 0.717) is 24.7 Å². The number of amides is 2. The van der Waals surface area contributed by atoms with Crippen molar-refractivity contribution in [2.75, 3.05) is 6.54 Å². The lowest BCUT2D eigenvalue weighted by Crippen LogP contribution is -2.46. The molecule has 1 saturated heterocycles. The van der Waals surface area contributed by atoms with Crippen LogP contribution in [-0.4, -0.2) is 55.5 Å². The third-order valence-corrected chi connectivity index (χ3v) is 5.60. The third kappa shape index (κ3) is 6.46. The SMILES string of the molecule is Cn1ccc2ccc(-c3noc(C4CCCN4C(=NC(=O)OC(C)(C)C)NC(=O)OC(C)(C)C)n3)cc21. The highest BCUT2D eigenvalue weighted by Gasteiger charge is 2.35. The highest BCUT2D eigenvalue weighted by atomic mass is 16.6. The van der Waals surface area contributed by atoms with E-state index in [9.17, 15) is 9.59 Å². The Balaban J connectivity index is 1.61. The van der Waals surface area contributed by atoms with Gasteiger partial charge >= 0.3 is 12.2 Å². The molecule has 2 amide bonds. The van der Waals surface area contributed by atoms with E-state index in [0.717, 1.165) is 22.9 Å². The summed E-state index contributed by atoms with van der Waals surface area (Å²) in [5.41, 5.74) is 0.401. The Kier molecular flexibility index (Phi) is 6.98. The zero-order valence-electron chi connectivity index (χ0n) is 22.4. The topological polar surface area (TPSA) is 124 Å². The number of aliphatic imine (C=N–C) groups is 1. The first kappa shape index (κ1) is 26.2. The third-order valence-electron chi connectivity index (χ3n) is 5.60. The smallest absolute Gasteiger partial charge is 0.437 e. The minimum absolute atomic E-state index is 0.0102. The Morgan fingerprint density at radius 2 is 1.84 bits per heavy atom. The molecule has 1 fully saturated rings. The number of aromatic nitrogens is 3. The van der Waals surface area contributed by atoms with E-state index in [-0.39, 0.29) is 5.96 Å². The van der Waals surface area contributed by atoms with Crippen LogP contribution in [-0.2, 0) is 16.5 Å². The first-order valence-electron chi connectivity index (χ1n) is 12.3. The van der Waals surface area contributed by atoms with E-state index in [1.807, 2.05) is 42.1 Å². The fourth-order valence-electron chi connectivity index (χ4n) is 4.10. The Morgan fingerprint density at radius 1 is 1.11 bits per heavy atom. The van der Waals surface area contributed by atoms with Gasteiger partial charge in [0.25, 0.3) is 0 Å². The Morgan fingerprint density at radius 3 is 2.54 bits per heavy atom. The Hall–Kier alpha value is -3.89. The number of nitrogens with zero attached hydrogens (tertiary/aromatic N) is 5. The molecule has 0 aliphatic carbocycles. The number of alkyl carbamates (subject to hydrolysis) is 1. The van der Waals surface area contributed by atoms with E-state index in [1.54, 1.807) is 46.4 Å². The second-order valence-electron chi connectivity index (χ2n) is 11.1. The van der Waals surface area contributed by atoms with Gasteiger partial charge in [-0.15, -0.1) is 4.99 Å². The van der Waals surface area contributed by atoms with Crippen molar-refractivity contribution >= 4 is 29.0 Å². The molecule has 3 aromatic rings. The molecule has 11 heteroatoms. The number of fused-ring (bicyclic) bond motifs is 1. The van der Waals surface area contributed by atoms with Gasteiger partial charge in [0.15, 0.2) is 0 Å². The molecule has 0 radical (unpaired) electrons. The first-order valence-corrected chi connectivity index (χ1v) is 12.3. The maximum atomic E-state index is 12.6. The maximum Gasteiger partial charge on any atom is 0.437 e. The summed E-state index contributed by atoms with van der Waals surface area (Å²) in [7, 11) is 1.98. The number of benzene rings is 1. The molecule has 0 spiro atoms. The standard InChI is InChI=1S/C26H34N6O5/c1-25(2,3)35-23(33)28-22(29-24(34)36-26(4,5)6)32-13-8-9-18(32)21-27-20(30-37-21)17-11-10-16-12-14-31(7)19(16)15-17/h10-12,14-15,18H,8-9,13H2,1-7H3,(H,28,29,33,34). The average Bonchev–Trinajstić information content (AvgIpc) is 3.50. The summed E-state index contributed by atoms with van der Waals surface area (Å²) in [6.45, 7) is 11.0. The lowest BCUT2D eigenvalue weighted by atomic mass is 10.1. The van der Waals surface area contributed by atoms with Gasteiger partial charge < -0.3 is 23.5 Å². The van der Waals surface area contributed by atoms with Crippen molar-refractivity contribution in [2.24, 2.45) is 12.0 Å². The van der Waals surface area contributed by atoms with Gasteiger partial charge in [-0.05, 0) is 71.9 Å². The molecule has 3 heterocycles. The van der Waals surface area contributed by atoms with Gasteiger partial charge in [-0.25, -0.2) is 9.59 Å². The van der Waals surface area contributed by atoms with E-state index >= 15 is 0 Å². The quantitative estimate of drug-likeness (QED) is 0.369. The Labute approximate surface area is 215 Å². The lowest BCUT2D eigenvalue weighted by molar-refractivity contribution is 0.0553. The number of carbonyl (C=O) groups is 2. The van der Waals surface area contributed by atoms with Gasteiger partial charge in [-0.1, -0.05) is 17.3 Å². The van der Waals surface area contributed by atoms with Crippen LogP contribution >= 0.6 is 0 Å². The number of guanidine groups is 1. The van der Waals surface area contributed by atoms with Crippen LogP contribution in [0.1, 0.15) is 66.3 Å². The summed E-state index contributed by atoms with van der Waals surface area (Å²) in [6.07, 6.45) is 1.87. The predicted octanol–water partition coefficient (Wildman–Crippen LogP) is 5.18. The lowest BCUT2D eigenvalue weighted by Gasteiger charge is -2.27. The van der Waals surface area contributed by atoms with E-state index in [4.69, 9.17) is 14.0 Å². The number of carbonyl (C=O) groups excluding carboxylic acids is 2. The highest BCUT2D eigenvalue weighted by Crippen LogP contribution is 2.33. The second kappa shape index (κ2) is 9.87. The van der Waals surface area contributed by atoms with Gasteiger partial charge in [-0.3, -0.25) is 5.32 Å². The summed E-state index contributed by atoms with van der Waals surface area (Å²) in [6, 6.07) is 7.62. The summed E-state index contributed by atoms with van der Waals surface area (Å²) < 4.78 is 18.4. The van der Waals surface area contributed by atoms with Gasteiger partial charge in [0.1, 0.15) is 17.2 Å². The van der Waals surface area contributed by atoms with Crippen molar-refractivity contribution in [3.8, 4) is 11.4 Å². The molecule has 1 aliphatic rings. The fourth-order valence-corrected chi connectivity index (χ4v) is 4.10. The molecule has 1 N–H and O–H groups in total.